The third-order valence-electron chi connectivity index (χ3n) is 4.04. The molecule has 0 radical (unpaired) electrons. The van der Waals surface area contributed by atoms with Crippen molar-refractivity contribution in [3.63, 3.8) is 0 Å². The maximum atomic E-state index is 12.5. The van der Waals surface area contributed by atoms with E-state index in [1.54, 1.807) is 17.2 Å². The van der Waals surface area contributed by atoms with Crippen molar-refractivity contribution in [1.82, 2.24) is 9.88 Å². The lowest BCUT2D eigenvalue weighted by atomic mass is 9.84. The van der Waals surface area contributed by atoms with E-state index in [-0.39, 0.29) is 24.2 Å². The van der Waals surface area contributed by atoms with Crippen LogP contribution in [-0.2, 0) is 4.79 Å². The number of aromatic nitrogens is 1. The summed E-state index contributed by atoms with van der Waals surface area (Å²) in [5.74, 6) is -0.640. The Balaban J connectivity index is 2.05. The van der Waals surface area contributed by atoms with Crippen LogP contribution in [0.15, 0.2) is 18.5 Å². The molecule has 1 amide bonds. The Morgan fingerprint density at radius 2 is 2.33 bits per heavy atom. The van der Waals surface area contributed by atoms with Crippen molar-refractivity contribution >= 4 is 23.5 Å². The van der Waals surface area contributed by atoms with Crippen molar-refractivity contribution in [2.45, 2.75) is 26.2 Å². The topological polar surface area (TPSA) is 70.5 Å². The molecule has 1 aromatic heterocycles. The van der Waals surface area contributed by atoms with Crippen LogP contribution in [0.25, 0.3) is 0 Å². The monoisotopic (exact) mass is 310 g/mol. The molecule has 0 bridgehead atoms. The number of nitrogens with zero attached hydrogens (tertiary/aromatic N) is 2. The number of hydrogen-bond donors (Lipinski definition) is 1. The lowest BCUT2D eigenvalue weighted by Gasteiger charge is -2.35. The lowest BCUT2D eigenvalue weighted by Crippen LogP contribution is -2.42. The molecule has 1 aliphatic rings. The van der Waals surface area contributed by atoms with Crippen LogP contribution in [-0.4, -0.2) is 40.0 Å². The minimum atomic E-state index is -0.791. The molecular weight excluding hydrogens is 292 g/mol. The molecule has 1 saturated heterocycles. The fourth-order valence-corrected chi connectivity index (χ4v) is 2.99. The molecule has 1 N–H and O–H groups in total. The largest absolute Gasteiger partial charge is 0.481 e. The summed E-state index contributed by atoms with van der Waals surface area (Å²) in [4.78, 5) is 29.0. The Labute approximate surface area is 128 Å². The van der Waals surface area contributed by atoms with Crippen LogP contribution in [0.1, 0.15) is 36.5 Å². The first-order valence-corrected chi connectivity index (χ1v) is 7.47. The van der Waals surface area contributed by atoms with Crippen molar-refractivity contribution in [1.29, 1.82) is 0 Å². The number of amides is 1. The van der Waals surface area contributed by atoms with Crippen LogP contribution >= 0.6 is 11.6 Å². The predicted octanol–water partition coefficient (Wildman–Crippen LogP) is 2.70. The number of rotatable bonds is 4. The van der Waals surface area contributed by atoms with E-state index in [0.29, 0.717) is 23.7 Å². The van der Waals surface area contributed by atoms with Gasteiger partial charge in [-0.2, -0.15) is 0 Å². The first-order chi connectivity index (χ1) is 9.99. The van der Waals surface area contributed by atoms with E-state index >= 15 is 0 Å². The highest BCUT2D eigenvalue weighted by Gasteiger charge is 2.29. The first-order valence-electron chi connectivity index (χ1n) is 7.09. The number of pyridine rings is 1. The van der Waals surface area contributed by atoms with Gasteiger partial charge in [0.1, 0.15) is 0 Å². The molecule has 0 saturated carbocycles. The molecule has 0 spiro atoms. The zero-order chi connectivity index (χ0) is 15.4. The predicted molar refractivity (Wildman–Crippen MR) is 79.3 cm³/mol. The normalized spacial score (nSPS) is 20.1. The number of carboxylic acid groups (broad SMARTS) is 1. The smallest absolute Gasteiger partial charge is 0.303 e. The highest BCUT2D eigenvalue weighted by Crippen LogP contribution is 2.27. The van der Waals surface area contributed by atoms with Crippen LogP contribution in [0.2, 0.25) is 5.02 Å². The van der Waals surface area contributed by atoms with E-state index in [0.717, 1.165) is 12.8 Å². The van der Waals surface area contributed by atoms with Gasteiger partial charge < -0.3 is 10.0 Å². The zero-order valence-corrected chi connectivity index (χ0v) is 12.7. The maximum Gasteiger partial charge on any atom is 0.303 e. The van der Waals surface area contributed by atoms with Crippen LogP contribution < -0.4 is 0 Å². The second kappa shape index (κ2) is 6.89. The summed E-state index contributed by atoms with van der Waals surface area (Å²) in [6.07, 6.45) is 5.01. The third-order valence-corrected chi connectivity index (χ3v) is 4.37. The maximum absolute atomic E-state index is 12.5. The molecule has 0 aromatic carbocycles. The summed E-state index contributed by atoms with van der Waals surface area (Å²) < 4.78 is 0. The van der Waals surface area contributed by atoms with Gasteiger partial charge in [-0.1, -0.05) is 18.5 Å². The molecule has 1 fully saturated rings. The van der Waals surface area contributed by atoms with Crippen molar-refractivity contribution < 1.29 is 14.7 Å². The molecule has 21 heavy (non-hydrogen) atoms. The molecule has 2 unspecified atom stereocenters. The summed E-state index contributed by atoms with van der Waals surface area (Å²) in [6, 6.07) is 1.60. The standard InChI is InChI=1S/C15H19ClN2O3/c1-10(7-14(19)20)11-3-2-6-18(9-11)15(21)12-8-17-5-4-13(12)16/h4-5,8,10-11H,2-3,6-7,9H2,1H3,(H,19,20). The number of halogens is 1. The molecule has 1 aromatic rings. The van der Waals surface area contributed by atoms with E-state index in [4.69, 9.17) is 16.7 Å². The van der Waals surface area contributed by atoms with Gasteiger partial charge in [0.05, 0.1) is 10.6 Å². The van der Waals surface area contributed by atoms with Gasteiger partial charge in [-0.05, 0) is 30.7 Å². The van der Waals surface area contributed by atoms with Gasteiger partial charge >= 0.3 is 5.97 Å². The summed E-state index contributed by atoms with van der Waals surface area (Å²) in [7, 11) is 0. The van der Waals surface area contributed by atoms with Gasteiger partial charge in [0.2, 0.25) is 0 Å². The lowest BCUT2D eigenvalue weighted by molar-refractivity contribution is -0.138. The van der Waals surface area contributed by atoms with Gasteiger partial charge in [0, 0.05) is 31.9 Å². The summed E-state index contributed by atoms with van der Waals surface area (Å²) in [5.41, 5.74) is 0.408. The van der Waals surface area contributed by atoms with E-state index in [9.17, 15) is 9.59 Å². The number of piperidine rings is 1. The molecule has 6 heteroatoms. The Morgan fingerprint density at radius 3 is 3.00 bits per heavy atom. The first kappa shape index (κ1) is 15.8. The van der Waals surface area contributed by atoms with Gasteiger partial charge in [0.25, 0.3) is 5.91 Å². The van der Waals surface area contributed by atoms with Gasteiger partial charge in [-0.3, -0.25) is 14.6 Å². The molecular formula is C15H19ClN2O3. The molecule has 0 aliphatic carbocycles. The summed E-state index contributed by atoms with van der Waals surface area (Å²) in [5, 5.41) is 9.30. The molecule has 114 valence electrons. The number of aliphatic carboxylic acids is 1. The van der Waals surface area contributed by atoms with E-state index < -0.39 is 5.97 Å². The van der Waals surface area contributed by atoms with Gasteiger partial charge in [-0.25, -0.2) is 0 Å². The Bertz CT molecular complexity index is 535. The summed E-state index contributed by atoms with van der Waals surface area (Å²) in [6.45, 7) is 3.20. The number of carboxylic acids is 1. The van der Waals surface area contributed by atoms with Crippen LogP contribution in [0, 0.1) is 11.8 Å². The Hall–Kier alpha value is -1.62. The molecule has 2 atom stereocenters. The van der Waals surface area contributed by atoms with Crippen LogP contribution in [0.4, 0.5) is 0 Å². The molecule has 2 heterocycles. The molecule has 5 nitrogen and oxygen atoms in total. The van der Waals surface area contributed by atoms with Gasteiger partial charge in [-0.15, -0.1) is 0 Å². The van der Waals surface area contributed by atoms with Crippen molar-refractivity contribution in [3.8, 4) is 0 Å². The zero-order valence-electron chi connectivity index (χ0n) is 12.0. The van der Waals surface area contributed by atoms with Crippen LogP contribution in [0.3, 0.4) is 0 Å². The number of carbonyl (C=O) groups is 2. The van der Waals surface area contributed by atoms with Crippen LogP contribution in [0.5, 0.6) is 0 Å². The third kappa shape index (κ3) is 3.94. The van der Waals surface area contributed by atoms with E-state index in [1.165, 1.54) is 6.20 Å². The Morgan fingerprint density at radius 1 is 1.57 bits per heavy atom. The second-order valence-corrected chi connectivity index (χ2v) is 5.99. The average molecular weight is 311 g/mol. The summed E-state index contributed by atoms with van der Waals surface area (Å²) >= 11 is 6.04. The highest BCUT2D eigenvalue weighted by molar-refractivity contribution is 6.33. The average Bonchev–Trinajstić information content (AvgIpc) is 2.46. The number of hydrogen-bond acceptors (Lipinski definition) is 3. The number of likely N-dealkylation sites (tertiary alicyclic amines) is 1. The van der Waals surface area contributed by atoms with Crippen molar-refractivity contribution in [2.75, 3.05) is 13.1 Å². The fourth-order valence-electron chi connectivity index (χ4n) is 2.81. The Kier molecular flexibility index (Phi) is 5.17. The fraction of sp³-hybridized carbons (Fsp3) is 0.533. The van der Waals surface area contributed by atoms with E-state index in [1.807, 2.05) is 6.92 Å². The minimum absolute atomic E-state index is 0.0578. The molecule has 1 aliphatic heterocycles. The van der Waals surface area contributed by atoms with Gasteiger partial charge in [0.15, 0.2) is 0 Å². The quantitative estimate of drug-likeness (QED) is 0.928. The van der Waals surface area contributed by atoms with Crippen molar-refractivity contribution in [3.05, 3.63) is 29.0 Å². The van der Waals surface area contributed by atoms with Crippen molar-refractivity contribution in [2.24, 2.45) is 11.8 Å². The second-order valence-electron chi connectivity index (χ2n) is 5.58. The number of carbonyl (C=O) groups excluding carboxylic acids is 1. The SMILES string of the molecule is CC(CC(=O)O)C1CCCN(C(=O)c2cnccc2Cl)C1. The van der Waals surface area contributed by atoms with E-state index in [2.05, 4.69) is 4.98 Å². The highest BCUT2D eigenvalue weighted by atomic mass is 35.5. The molecule has 2 rings (SSSR count). The minimum Gasteiger partial charge on any atom is -0.481 e.